The van der Waals surface area contributed by atoms with Crippen molar-refractivity contribution in [2.24, 2.45) is 0 Å². The number of barbiturate groups is 1. The van der Waals surface area contributed by atoms with E-state index in [1.54, 1.807) is 37.3 Å². The van der Waals surface area contributed by atoms with Gasteiger partial charge in [0, 0.05) is 5.56 Å². The van der Waals surface area contributed by atoms with E-state index in [1.165, 1.54) is 12.1 Å². The fourth-order valence-corrected chi connectivity index (χ4v) is 3.27. The minimum Gasteiger partial charge on any atom is -0.504 e. The van der Waals surface area contributed by atoms with Gasteiger partial charge in [-0.25, -0.2) is 9.69 Å². The first kappa shape index (κ1) is 21.8. The van der Waals surface area contributed by atoms with Crippen LogP contribution in [0.1, 0.15) is 29.2 Å². The smallest absolute Gasteiger partial charge is 0.335 e. The number of imide groups is 2. The van der Waals surface area contributed by atoms with Crippen LogP contribution in [-0.2, 0) is 16.0 Å². The molecule has 0 spiro atoms. The van der Waals surface area contributed by atoms with E-state index in [0.29, 0.717) is 29.8 Å². The molecule has 31 heavy (non-hydrogen) atoms. The number of phenolic OH excluding ortho intramolecular Hbond substituents is 1. The molecule has 0 unspecified atom stereocenters. The fraction of sp³-hybridized carbons (Fsp3) is 0.208. The number of anilines is 1. The number of phenols is 1. The summed E-state index contributed by atoms with van der Waals surface area (Å²) >= 11 is 0. The van der Waals surface area contributed by atoms with Crippen molar-refractivity contribution in [2.75, 3.05) is 11.5 Å². The summed E-state index contributed by atoms with van der Waals surface area (Å²) in [5.41, 5.74) is 3.12. The Morgan fingerprint density at radius 3 is 2.52 bits per heavy atom. The molecule has 0 saturated carbocycles. The average molecular weight is 420 g/mol. The van der Waals surface area contributed by atoms with Gasteiger partial charge in [0.05, 0.1) is 12.3 Å². The topological polar surface area (TPSA) is 95.9 Å². The second-order valence-corrected chi connectivity index (χ2v) is 7.18. The number of aromatic hydroxyl groups is 1. The normalized spacial score (nSPS) is 15.3. The summed E-state index contributed by atoms with van der Waals surface area (Å²) in [6.45, 7) is 9.59. The number of allylic oxidation sites excluding steroid dienone is 1. The van der Waals surface area contributed by atoms with Crippen molar-refractivity contribution in [1.29, 1.82) is 0 Å². The molecule has 2 aromatic carbocycles. The zero-order valence-electron chi connectivity index (χ0n) is 17.7. The van der Waals surface area contributed by atoms with Crippen molar-refractivity contribution in [2.45, 2.75) is 27.2 Å². The monoisotopic (exact) mass is 420 g/mol. The minimum atomic E-state index is -0.802. The highest BCUT2D eigenvalue weighted by Gasteiger charge is 2.37. The zero-order valence-corrected chi connectivity index (χ0v) is 17.7. The molecule has 2 aromatic rings. The number of nitrogens with one attached hydrogen (secondary N) is 1. The maximum absolute atomic E-state index is 13.1. The molecule has 7 nitrogen and oxygen atoms in total. The van der Waals surface area contributed by atoms with E-state index in [1.807, 2.05) is 13.8 Å². The van der Waals surface area contributed by atoms with Gasteiger partial charge in [-0.1, -0.05) is 12.1 Å². The maximum atomic E-state index is 13.1. The van der Waals surface area contributed by atoms with E-state index in [9.17, 15) is 19.5 Å². The molecule has 7 heteroatoms. The molecule has 0 atom stereocenters. The number of hydrogen-bond donors (Lipinski definition) is 2. The zero-order chi connectivity index (χ0) is 22.7. The summed E-state index contributed by atoms with van der Waals surface area (Å²) in [5.74, 6) is -1.30. The number of ether oxygens (including phenoxy) is 1. The number of amides is 4. The SMILES string of the molecule is C=CCc1cc(/C=C2/C(=O)NC(=O)N(c3ccc(C)c(C)c3)C2=O)cc(OCC)c1O. The Morgan fingerprint density at radius 2 is 1.87 bits per heavy atom. The highest BCUT2D eigenvalue weighted by atomic mass is 16.5. The first-order chi connectivity index (χ1) is 14.8. The molecule has 1 saturated heterocycles. The van der Waals surface area contributed by atoms with E-state index >= 15 is 0 Å². The third-order valence-corrected chi connectivity index (χ3v) is 5.00. The van der Waals surface area contributed by atoms with Crippen molar-refractivity contribution in [3.05, 3.63) is 70.8 Å². The molecule has 1 aliphatic rings. The predicted molar refractivity (Wildman–Crippen MR) is 118 cm³/mol. The Hall–Kier alpha value is -3.87. The highest BCUT2D eigenvalue weighted by Crippen LogP contribution is 2.33. The second kappa shape index (κ2) is 8.87. The predicted octanol–water partition coefficient (Wildman–Crippen LogP) is 3.80. The van der Waals surface area contributed by atoms with Crippen molar-refractivity contribution in [3.8, 4) is 11.5 Å². The molecule has 0 radical (unpaired) electrons. The minimum absolute atomic E-state index is 0.0183. The van der Waals surface area contributed by atoms with Gasteiger partial charge in [0.2, 0.25) is 0 Å². The van der Waals surface area contributed by atoms with Gasteiger partial charge in [0.1, 0.15) is 5.57 Å². The third-order valence-electron chi connectivity index (χ3n) is 5.00. The molecule has 160 valence electrons. The number of carbonyl (C=O) groups excluding carboxylic acids is 3. The van der Waals surface area contributed by atoms with Crippen molar-refractivity contribution in [1.82, 2.24) is 5.32 Å². The maximum Gasteiger partial charge on any atom is 0.335 e. The molecule has 1 fully saturated rings. The van der Waals surface area contributed by atoms with Crippen LogP contribution < -0.4 is 15.0 Å². The molecular formula is C24H24N2O5. The molecule has 0 aliphatic carbocycles. The number of benzene rings is 2. The molecule has 1 heterocycles. The number of hydrogen-bond acceptors (Lipinski definition) is 5. The van der Waals surface area contributed by atoms with Crippen molar-refractivity contribution in [3.63, 3.8) is 0 Å². The number of aryl methyl sites for hydroxylation is 2. The molecule has 2 N–H and O–H groups in total. The van der Waals surface area contributed by atoms with Crippen LogP contribution in [-0.4, -0.2) is 29.6 Å². The molecule has 4 amide bonds. The van der Waals surface area contributed by atoms with Crippen LogP contribution in [0.2, 0.25) is 0 Å². The molecule has 3 rings (SSSR count). The lowest BCUT2D eigenvalue weighted by atomic mass is 10.0. The van der Waals surface area contributed by atoms with Gasteiger partial charge in [-0.2, -0.15) is 0 Å². The molecule has 1 aliphatic heterocycles. The van der Waals surface area contributed by atoms with E-state index < -0.39 is 17.8 Å². The molecular weight excluding hydrogens is 396 g/mol. The lowest BCUT2D eigenvalue weighted by Crippen LogP contribution is -2.54. The van der Waals surface area contributed by atoms with Crippen LogP contribution in [0.3, 0.4) is 0 Å². The van der Waals surface area contributed by atoms with Crippen molar-refractivity contribution < 1.29 is 24.2 Å². The van der Waals surface area contributed by atoms with Crippen LogP contribution in [0.25, 0.3) is 6.08 Å². The lowest BCUT2D eigenvalue weighted by molar-refractivity contribution is -0.122. The van der Waals surface area contributed by atoms with Gasteiger partial charge in [-0.3, -0.25) is 14.9 Å². The average Bonchev–Trinajstić information content (AvgIpc) is 2.71. The first-order valence-electron chi connectivity index (χ1n) is 9.85. The Labute approximate surface area is 180 Å². The Kier molecular flexibility index (Phi) is 6.25. The summed E-state index contributed by atoms with van der Waals surface area (Å²) < 4.78 is 5.48. The number of carbonyl (C=O) groups is 3. The molecule has 0 bridgehead atoms. The van der Waals surface area contributed by atoms with E-state index in [4.69, 9.17) is 4.74 Å². The Balaban J connectivity index is 2.07. The van der Waals surface area contributed by atoms with Gasteiger partial charge < -0.3 is 9.84 Å². The highest BCUT2D eigenvalue weighted by molar-refractivity contribution is 6.39. The summed E-state index contributed by atoms with van der Waals surface area (Å²) in [6, 6.07) is 7.56. The Bertz CT molecular complexity index is 1120. The van der Waals surface area contributed by atoms with E-state index in [2.05, 4.69) is 11.9 Å². The first-order valence-corrected chi connectivity index (χ1v) is 9.85. The van der Waals surface area contributed by atoms with Gasteiger partial charge in [0.15, 0.2) is 11.5 Å². The molecule has 0 aromatic heterocycles. The number of nitrogens with zero attached hydrogens (tertiary/aromatic N) is 1. The van der Waals surface area contributed by atoms with Crippen molar-refractivity contribution >= 4 is 29.6 Å². The van der Waals surface area contributed by atoms with Gasteiger partial charge in [0.25, 0.3) is 11.8 Å². The summed E-state index contributed by atoms with van der Waals surface area (Å²) in [5, 5.41) is 12.6. The largest absolute Gasteiger partial charge is 0.504 e. The van der Waals surface area contributed by atoms with Gasteiger partial charge in [-0.15, -0.1) is 6.58 Å². The van der Waals surface area contributed by atoms with Crippen LogP contribution >= 0.6 is 0 Å². The van der Waals surface area contributed by atoms with Gasteiger partial charge in [-0.05, 0) is 74.2 Å². The Morgan fingerprint density at radius 1 is 1.13 bits per heavy atom. The van der Waals surface area contributed by atoms with E-state index in [0.717, 1.165) is 16.0 Å². The summed E-state index contributed by atoms with van der Waals surface area (Å²) in [6.07, 6.45) is 3.38. The van der Waals surface area contributed by atoms with Crippen LogP contribution in [0, 0.1) is 13.8 Å². The number of rotatable bonds is 6. The van der Waals surface area contributed by atoms with Crippen LogP contribution in [0.15, 0.2) is 48.6 Å². The lowest BCUT2D eigenvalue weighted by Gasteiger charge is -2.27. The van der Waals surface area contributed by atoms with E-state index in [-0.39, 0.29) is 17.1 Å². The summed E-state index contributed by atoms with van der Waals surface area (Å²) in [7, 11) is 0. The van der Waals surface area contributed by atoms with Gasteiger partial charge >= 0.3 is 6.03 Å². The number of urea groups is 1. The van der Waals surface area contributed by atoms with Crippen LogP contribution in [0.5, 0.6) is 11.5 Å². The quantitative estimate of drug-likeness (QED) is 0.421. The van der Waals surface area contributed by atoms with Crippen LogP contribution in [0.4, 0.5) is 10.5 Å². The second-order valence-electron chi connectivity index (χ2n) is 7.18. The third kappa shape index (κ3) is 4.35. The summed E-state index contributed by atoms with van der Waals surface area (Å²) in [4.78, 5) is 38.9. The standard InChI is InChI=1S/C24H24N2O5/c1-5-7-17-11-16(13-20(21(17)27)31-6-2)12-19-22(28)25-24(30)26(23(19)29)18-9-8-14(3)15(4)10-18/h5,8-13,27H,1,6-7H2,2-4H3,(H,25,28,30)/b19-12-. The fourth-order valence-electron chi connectivity index (χ4n) is 3.27.